The van der Waals surface area contributed by atoms with E-state index in [1.807, 2.05) is 53.7 Å². The van der Waals surface area contributed by atoms with Gasteiger partial charge in [-0.25, -0.2) is 8.42 Å². The summed E-state index contributed by atoms with van der Waals surface area (Å²) >= 11 is 0. The van der Waals surface area contributed by atoms with Crippen LogP contribution in [0.4, 0.5) is 5.69 Å². The quantitative estimate of drug-likeness (QED) is 0.480. The van der Waals surface area contributed by atoms with E-state index in [9.17, 15) is 13.2 Å². The number of benzene rings is 3. The van der Waals surface area contributed by atoms with Crippen molar-refractivity contribution in [3.63, 3.8) is 0 Å². The van der Waals surface area contributed by atoms with Gasteiger partial charge < -0.3 is 5.32 Å². The van der Waals surface area contributed by atoms with Crippen LogP contribution in [-0.4, -0.2) is 20.9 Å². The zero-order chi connectivity index (χ0) is 25.2. The Hall–Kier alpha value is -3.12. The van der Waals surface area contributed by atoms with Crippen molar-refractivity contribution in [2.24, 2.45) is 0 Å². The summed E-state index contributed by atoms with van der Waals surface area (Å²) in [5, 5.41) is 3.00. The lowest BCUT2D eigenvalue weighted by molar-refractivity contribution is -0.120. The minimum absolute atomic E-state index is 0.156. The molecule has 0 saturated heterocycles. The number of amides is 1. The molecule has 0 spiro atoms. The molecule has 0 unspecified atom stereocenters. The lowest BCUT2D eigenvalue weighted by Gasteiger charge is -2.27. The predicted molar refractivity (Wildman–Crippen MR) is 139 cm³/mol. The summed E-state index contributed by atoms with van der Waals surface area (Å²) in [6, 6.07) is 16.2. The summed E-state index contributed by atoms with van der Waals surface area (Å²) in [5.41, 5.74) is 7.75. The molecule has 1 N–H and O–H groups in total. The van der Waals surface area contributed by atoms with Gasteiger partial charge in [-0.15, -0.1) is 0 Å². The van der Waals surface area contributed by atoms with Crippen molar-refractivity contribution in [1.29, 1.82) is 0 Å². The Labute approximate surface area is 203 Å². The average molecular weight is 479 g/mol. The van der Waals surface area contributed by atoms with Gasteiger partial charge in [0, 0.05) is 0 Å². The van der Waals surface area contributed by atoms with Crippen LogP contribution in [-0.2, 0) is 14.8 Å². The minimum Gasteiger partial charge on any atom is -0.348 e. The van der Waals surface area contributed by atoms with Gasteiger partial charge >= 0.3 is 0 Å². The van der Waals surface area contributed by atoms with Crippen LogP contribution in [0.5, 0.6) is 0 Å². The van der Waals surface area contributed by atoms with Crippen molar-refractivity contribution in [2.45, 2.75) is 59.4 Å². The molecule has 1 amide bonds. The first kappa shape index (κ1) is 25.5. The van der Waals surface area contributed by atoms with E-state index >= 15 is 0 Å². The molecule has 0 fully saturated rings. The van der Waals surface area contributed by atoms with Crippen molar-refractivity contribution in [3.8, 4) is 0 Å². The Morgan fingerprint density at radius 1 is 0.794 bits per heavy atom. The predicted octanol–water partition coefficient (Wildman–Crippen LogP) is 5.61. The second-order valence-corrected chi connectivity index (χ2v) is 11.1. The van der Waals surface area contributed by atoms with E-state index in [1.165, 1.54) is 9.87 Å². The van der Waals surface area contributed by atoms with E-state index in [1.54, 1.807) is 30.3 Å². The highest BCUT2D eigenvalue weighted by atomic mass is 32.2. The van der Waals surface area contributed by atoms with Gasteiger partial charge in [0.25, 0.3) is 10.0 Å². The molecule has 0 aliphatic carbocycles. The summed E-state index contributed by atoms with van der Waals surface area (Å²) in [6.45, 7) is 13.5. The fourth-order valence-corrected chi connectivity index (χ4v) is 5.65. The first-order chi connectivity index (χ1) is 15.9. The molecular formula is C28H34N2O3S. The second kappa shape index (κ2) is 10.0. The molecule has 6 heteroatoms. The number of nitrogens with one attached hydrogen (secondary N) is 1. The van der Waals surface area contributed by atoms with Gasteiger partial charge in [0.05, 0.1) is 16.6 Å². The van der Waals surface area contributed by atoms with Crippen LogP contribution >= 0.6 is 0 Å². The average Bonchev–Trinajstić information content (AvgIpc) is 2.75. The number of anilines is 1. The number of rotatable bonds is 7. The van der Waals surface area contributed by atoms with E-state index in [0.717, 1.165) is 33.4 Å². The topological polar surface area (TPSA) is 66.5 Å². The summed E-state index contributed by atoms with van der Waals surface area (Å²) in [4.78, 5) is 13.3. The number of aryl methyl sites for hydroxylation is 6. The highest BCUT2D eigenvalue weighted by molar-refractivity contribution is 7.92. The zero-order valence-electron chi connectivity index (χ0n) is 21.1. The Kier molecular flexibility index (Phi) is 7.51. The SMILES string of the molecule is Cc1ccc(S(=O)(=O)N(CC(=O)N[C@@H](C)c2cc(C)c(C)cc2C)c2ccc(C)cc2C)cc1. The van der Waals surface area contributed by atoms with Gasteiger partial charge in [0.1, 0.15) is 6.54 Å². The Morgan fingerprint density at radius 3 is 2.00 bits per heavy atom. The third kappa shape index (κ3) is 5.50. The third-order valence-electron chi connectivity index (χ3n) is 6.24. The highest BCUT2D eigenvalue weighted by Crippen LogP contribution is 2.28. The van der Waals surface area contributed by atoms with Crippen LogP contribution in [0.25, 0.3) is 0 Å². The molecule has 1 atom stereocenters. The summed E-state index contributed by atoms with van der Waals surface area (Å²) in [5.74, 6) is -0.360. The highest BCUT2D eigenvalue weighted by Gasteiger charge is 2.29. The molecule has 0 radical (unpaired) electrons. The molecule has 3 rings (SSSR count). The molecule has 0 aromatic heterocycles. The van der Waals surface area contributed by atoms with Crippen molar-refractivity contribution in [2.75, 3.05) is 10.8 Å². The summed E-state index contributed by atoms with van der Waals surface area (Å²) in [7, 11) is -3.95. The Bertz CT molecular complexity index is 1310. The van der Waals surface area contributed by atoms with Crippen molar-refractivity contribution in [1.82, 2.24) is 5.32 Å². The molecule has 0 heterocycles. The van der Waals surface area contributed by atoms with E-state index in [0.29, 0.717) is 5.69 Å². The van der Waals surface area contributed by atoms with Crippen LogP contribution in [0, 0.1) is 41.5 Å². The molecular weight excluding hydrogens is 444 g/mol. The first-order valence-electron chi connectivity index (χ1n) is 11.4. The summed E-state index contributed by atoms with van der Waals surface area (Å²) in [6.07, 6.45) is 0. The van der Waals surface area contributed by atoms with Gasteiger partial charge in [-0.3, -0.25) is 9.10 Å². The maximum atomic E-state index is 13.7. The van der Waals surface area contributed by atoms with Crippen molar-refractivity contribution in [3.05, 3.63) is 93.5 Å². The molecule has 0 aliphatic rings. The maximum Gasteiger partial charge on any atom is 0.264 e. The first-order valence-corrected chi connectivity index (χ1v) is 12.9. The molecule has 0 saturated carbocycles. The molecule has 180 valence electrons. The fourth-order valence-electron chi connectivity index (χ4n) is 4.17. The van der Waals surface area contributed by atoms with Gasteiger partial charge in [-0.2, -0.15) is 0 Å². The molecule has 0 aliphatic heterocycles. The normalized spacial score (nSPS) is 12.3. The summed E-state index contributed by atoms with van der Waals surface area (Å²) < 4.78 is 28.5. The van der Waals surface area contributed by atoms with Crippen molar-refractivity contribution >= 4 is 21.6 Å². The molecule has 0 bridgehead atoms. The van der Waals surface area contributed by atoms with Crippen LogP contribution in [0.1, 0.15) is 51.9 Å². The number of sulfonamides is 1. The van der Waals surface area contributed by atoms with Crippen LogP contribution in [0.15, 0.2) is 59.5 Å². The molecule has 34 heavy (non-hydrogen) atoms. The van der Waals surface area contributed by atoms with Crippen LogP contribution in [0.3, 0.4) is 0 Å². The van der Waals surface area contributed by atoms with Gasteiger partial charge in [-0.1, -0.05) is 47.5 Å². The number of carbonyl (C=O) groups is 1. The maximum absolute atomic E-state index is 13.7. The lowest BCUT2D eigenvalue weighted by atomic mass is 9.96. The monoisotopic (exact) mass is 478 g/mol. The van der Waals surface area contributed by atoms with Crippen LogP contribution in [0.2, 0.25) is 0 Å². The van der Waals surface area contributed by atoms with Gasteiger partial charge in [0.15, 0.2) is 0 Å². The number of hydrogen-bond donors (Lipinski definition) is 1. The van der Waals surface area contributed by atoms with E-state index in [-0.39, 0.29) is 23.4 Å². The smallest absolute Gasteiger partial charge is 0.264 e. The largest absolute Gasteiger partial charge is 0.348 e. The Morgan fingerprint density at radius 2 is 1.38 bits per heavy atom. The minimum atomic E-state index is -3.95. The molecule has 3 aromatic carbocycles. The Balaban J connectivity index is 1.95. The number of hydrogen-bond acceptors (Lipinski definition) is 3. The third-order valence-corrected chi connectivity index (χ3v) is 8.02. The van der Waals surface area contributed by atoms with E-state index in [4.69, 9.17) is 0 Å². The van der Waals surface area contributed by atoms with Gasteiger partial charge in [-0.05, 0) is 94.5 Å². The van der Waals surface area contributed by atoms with E-state index in [2.05, 4.69) is 24.4 Å². The second-order valence-electron chi connectivity index (χ2n) is 9.20. The standard InChI is InChI=1S/C28H34N2O3S/c1-18-8-11-25(12-9-18)34(32,33)30(27-13-10-19(2)14-23(27)6)17-28(31)29-24(7)26-16-21(4)20(3)15-22(26)5/h8-16,24H,17H2,1-7H3,(H,29,31)/t24-/m0/s1. The van der Waals surface area contributed by atoms with Crippen molar-refractivity contribution < 1.29 is 13.2 Å². The van der Waals surface area contributed by atoms with E-state index < -0.39 is 10.0 Å². The zero-order valence-corrected chi connectivity index (χ0v) is 21.9. The lowest BCUT2D eigenvalue weighted by Crippen LogP contribution is -2.42. The number of nitrogens with zero attached hydrogens (tertiary/aromatic N) is 1. The fraction of sp³-hybridized carbons (Fsp3) is 0.321. The van der Waals surface area contributed by atoms with Gasteiger partial charge in [0.2, 0.25) is 5.91 Å². The van der Waals surface area contributed by atoms with Crippen LogP contribution < -0.4 is 9.62 Å². The molecule has 3 aromatic rings. The number of carbonyl (C=O) groups excluding carboxylic acids is 1. The molecule has 5 nitrogen and oxygen atoms in total.